The number of hydrogen-bond acceptors (Lipinski definition) is 2. The van der Waals surface area contributed by atoms with E-state index in [9.17, 15) is 9.59 Å². The van der Waals surface area contributed by atoms with Gasteiger partial charge in [0.05, 0.1) is 12.2 Å². The number of halogens is 1. The lowest BCUT2D eigenvalue weighted by atomic mass is 10.0. The molecular weight excluding hydrogens is 344 g/mol. The standard InChI is InChI=1S/C17H17BrN2O2/c1-11-6-5-7-13(12(11)2)17(22)19-10-16(21)20-15-9-4-3-8-14(15)18/h3-9H,10H2,1-2H3,(H,19,22)(H,20,21). The highest BCUT2D eigenvalue weighted by atomic mass is 79.9. The van der Waals surface area contributed by atoms with E-state index in [-0.39, 0.29) is 18.4 Å². The minimum Gasteiger partial charge on any atom is -0.343 e. The molecular formula is C17H17BrN2O2. The van der Waals surface area contributed by atoms with Gasteiger partial charge < -0.3 is 10.6 Å². The minimum atomic E-state index is -0.273. The van der Waals surface area contributed by atoms with Crippen LogP contribution in [0.1, 0.15) is 21.5 Å². The van der Waals surface area contributed by atoms with Crippen molar-refractivity contribution in [3.63, 3.8) is 0 Å². The van der Waals surface area contributed by atoms with Crippen LogP contribution in [0.2, 0.25) is 0 Å². The topological polar surface area (TPSA) is 58.2 Å². The molecule has 2 N–H and O–H groups in total. The molecule has 0 saturated carbocycles. The second kappa shape index (κ2) is 7.22. The van der Waals surface area contributed by atoms with Gasteiger partial charge in [-0.05, 0) is 59.1 Å². The van der Waals surface area contributed by atoms with E-state index >= 15 is 0 Å². The Morgan fingerprint density at radius 2 is 1.77 bits per heavy atom. The van der Waals surface area contributed by atoms with Gasteiger partial charge in [0, 0.05) is 10.0 Å². The van der Waals surface area contributed by atoms with E-state index in [4.69, 9.17) is 0 Å². The third kappa shape index (κ3) is 3.95. The molecule has 0 aromatic heterocycles. The lowest BCUT2D eigenvalue weighted by Gasteiger charge is -2.10. The van der Waals surface area contributed by atoms with Crippen molar-refractivity contribution >= 4 is 33.4 Å². The molecule has 0 aliphatic heterocycles. The zero-order chi connectivity index (χ0) is 16.1. The molecule has 5 heteroatoms. The number of rotatable bonds is 4. The highest BCUT2D eigenvalue weighted by molar-refractivity contribution is 9.10. The number of benzene rings is 2. The zero-order valence-corrected chi connectivity index (χ0v) is 14.0. The molecule has 2 amide bonds. The Kier molecular flexibility index (Phi) is 5.33. The summed E-state index contributed by atoms with van der Waals surface area (Å²) in [4.78, 5) is 24.0. The van der Waals surface area contributed by atoms with Crippen molar-refractivity contribution in [3.8, 4) is 0 Å². The number of amides is 2. The number of carbonyl (C=O) groups excluding carboxylic acids is 2. The second-order valence-corrected chi connectivity index (χ2v) is 5.81. The van der Waals surface area contributed by atoms with E-state index in [0.29, 0.717) is 11.3 Å². The molecule has 0 saturated heterocycles. The Labute approximate surface area is 138 Å². The summed E-state index contributed by atoms with van der Waals surface area (Å²) < 4.78 is 0.796. The Balaban J connectivity index is 1.95. The summed E-state index contributed by atoms with van der Waals surface area (Å²) in [6.45, 7) is 3.77. The molecule has 0 heterocycles. The van der Waals surface area contributed by atoms with Gasteiger partial charge in [0.25, 0.3) is 5.91 Å². The third-order valence-electron chi connectivity index (χ3n) is 3.41. The van der Waals surface area contributed by atoms with Crippen molar-refractivity contribution < 1.29 is 9.59 Å². The van der Waals surface area contributed by atoms with Crippen LogP contribution in [0.5, 0.6) is 0 Å². The first kappa shape index (κ1) is 16.2. The minimum absolute atomic E-state index is 0.0758. The van der Waals surface area contributed by atoms with Crippen LogP contribution in [0, 0.1) is 13.8 Å². The van der Waals surface area contributed by atoms with Gasteiger partial charge in [-0.25, -0.2) is 0 Å². The largest absolute Gasteiger partial charge is 0.343 e. The van der Waals surface area contributed by atoms with Gasteiger partial charge >= 0.3 is 0 Å². The summed E-state index contributed by atoms with van der Waals surface area (Å²) in [6, 6.07) is 12.9. The predicted molar refractivity (Wildman–Crippen MR) is 91.0 cm³/mol. The van der Waals surface area contributed by atoms with Crippen LogP contribution in [0.25, 0.3) is 0 Å². The summed E-state index contributed by atoms with van der Waals surface area (Å²) in [6.07, 6.45) is 0. The Morgan fingerprint density at radius 3 is 2.50 bits per heavy atom. The highest BCUT2D eigenvalue weighted by Gasteiger charge is 2.12. The van der Waals surface area contributed by atoms with Gasteiger partial charge in [-0.15, -0.1) is 0 Å². The van der Waals surface area contributed by atoms with Crippen LogP contribution in [0.15, 0.2) is 46.9 Å². The Hall–Kier alpha value is -2.14. The van der Waals surface area contributed by atoms with Gasteiger partial charge in [-0.2, -0.15) is 0 Å². The molecule has 0 bridgehead atoms. The Bertz CT molecular complexity index is 714. The van der Waals surface area contributed by atoms with Crippen LogP contribution in [-0.4, -0.2) is 18.4 Å². The summed E-state index contributed by atoms with van der Waals surface area (Å²) in [5.41, 5.74) is 3.23. The monoisotopic (exact) mass is 360 g/mol. The van der Waals surface area contributed by atoms with Gasteiger partial charge in [0.2, 0.25) is 5.91 Å². The normalized spacial score (nSPS) is 10.1. The van der Waals surface area contributed by atoms with Gasteiger partial charge in [-0.3, -0.25) is 9.59 Å². The van der Waals surface area contributed by atoms with Crippen molar-refractivity contribution in [3.05, 3.63) is 63.6 Å². The molecule has 0 spiro atoms. The van der Waals surface area contributed by atoms with E-state index in [0.717, 1.165) is 15.6 Å². The van der Waals surface area contributed by atoms with Gasteiger partial charge in [0.1, 0.15) is 0 Å². The fourth-order valence-electron chi connectivity index (χ4n) is 2.01. The van der Waals surface area contributed by atoms with Crippen molar-refractivity contribution in [2.45, 2.75) is 13.8 Å². The molecule has 0 unspecified atom stereocenters. The molecule has 114 valence electrons. The summed E-state index contributed by atoms with van der Waals surface area (Å²) in [5.74, 6) is -0.519. The first-order valence-electron chi connectivity index (χ1n) is 6.88. The van der Waals surface area contributed by atoms with E-state index in [1.165, 1.54) is 0 Å². The lowest BCUT2D eigenvalue weighted by Crippen LogP contribution is -2.33. The fourth-order valence-corrected chi connectivity index (χ4v) is 2.39. The zero-order valence-electron chi connectivity index (χ0n) is 12.4. The van der Waals surface area contributed by atoms with Crippen molar-refractivity contribution in [1.82, 2.24) is 5.32 Å². The number of hydrogen-bond donors (Lipinski definition) is 2. The van der Waals surface area contributed by atoms with E-state index in [1.54, 1.807) is 12.1 Å². The summed E-state index contributed by atoms with van der Waals surface area (Å²) in [5, 5.41) is 5.38. The van der Waals surface area contributed by atoms with E-state index in [1.807, 2.05) is 44.2 Å². The number of nitrogens with one attached hydrogen (secondary N) is 2. The van der Waals surface area contributed by atoms with Crippen molar-refractivity contribution in [1.29, 1.82) is 0 Å². The van der Waals surface area contributed by atoms with Gasteiger partial charge in [0.15, 0.2) is 0 Å². The van der Waals surface area contributed by atoms with E-state index < -0.39 is 0 Å². The van der Waals surface area contributed by atoms with Crippen LogP contribution in [0.3, 0.4) is 0 Å². The second-order valence-electron chi connectivity index (χ2n) is 4.96. The van der Waals surface area contributed by atoms with Crippen LogP contribution >= 0.6 is 15.9 Å². The van der Waals surface area contributed by atoms with Crippen LogP contribution in [-0.2, 0) is 4.79 Å². The van der Waals surface area contributed by atoms with Crippen LogP contribution in [0.4, 0.5) is 5.69 Å². The lowest BCUT2D eigenvalue weighted by molar-refractivity contribution is -0.115. The van der Waals surface area contributed by atoms with Crippen molar-refractivity contribution in [2.75, 3.05) is 11.9 Å². The maximum Gasteiger partial charge on any atom is 0.251 e. The molecule has 2 rings (SSSR count). The van der Waals surface area contributed by atoms with Crippen LogP contribution < -0.4 is 10.6 Å². The maximum atomic E-state index is 12.1. The quantitative estimate of drug-likeness (QED) is 0.877. The number of para-hydroxylation sites is 1. The summed E-state index contributed by atoms with van der Waals surface area (Å²) >= 11 is 3.36. The van der Waals surface area contributed by atoms with Crippen molar-refractivity contribution in [2.24, 2.45) is 0 Å². The first-order chi connectivity index (χ1) is 10.5. The first-order valence-corrected chi connectivity index (χ1v) is 7.67. The molecule has 0 atom stereocenters. The molecule has 4 nitrogen and oxygen atoms in total. The molecule has 2 aromatic rings. The van der Waals surface area contributed by atoms with Gasteiger partial charge in [-0.1, -0.05) is 24.3 Å². The molecule has 0 aliphatic rings. The average molecular weight is 361 g/mol. The molecule has 0 aliphatic carbocycles. The highest BCUT2D eigenvalue weighted by Crippen LogP contribution is 2.20. The van der Waals surface area contributed by atoms with E-state index in [2.05, 4.69) is 26.6 Å². The SMILES string of the molecule is Cc1cccc(C(=O)NCC(=O)Nc2ccccc2Br)c1C. The maximum absolute atomic E-state index is 12.1. The smallest absolute Gasteiger partial charge is 0.251 e. The number of anilines is 1. The number of carbonyl (C=O) groups is 2. The summed E-state index contributed by atoms with van der Waals surface area (Å²) in [7, 11) is 0. The third-order valence-corrected chi connectivity index (χ3v) is 4.10. The fraction of sp³-hybridized carbons (Fsp3) is 0.176. The molecule has 22 heavy (non-hydrogen) atoms. The molecule has 0 fully saturated rings. The Morgan fingerprint density at radius 1 is 1.05 bits per heavy atom. The number of aryl methyl sites for hydroxylation is 1. The molecule has 0 radical (unpaired) electrons. The predicted octanol–water partition coefficient (Wildman–Crippen LogP) is 3.43. The molecule has 2 aromatic carbocycles. The average Bonchev–Trinajstić information content (AvgIpc) is 2.50.